The Morgan fingerprint density at radius 3 is 1.50 bits per heavy atom. The third-order valence-corrected chi connectivity index (χ3v) is 11.6. The Hall–Kier alpha value is -7.42. The standard InChI is InChI=1S/C54H32O2/c1-2-13-36-30-37(29-26-33(36)12-1)34-24-27-35(28-25-34)50-41-17-3-5-19-43(41)51(44-20-6-4-18-42(44)50)39-15-11-14-38(31-39)46-32-47-40-16-7-9-22-48(40)55-54(47)52-45-21-8-10-23-49(45)56-53(46)52/h1-32H. The maximum absolute atomic E-state index is 6.69. The van der Waals surface area contributed by atoms with Crippen molar-refractivity contribution in [3.63, 3.8) is 0 Å². The van der Waals surface area contributed by atoms with Crippen molar-refractivity contribution in [1.29, 1.82) is 0 Å². The molecule has 2 nitrogen and oxygen atoms in total. The highest BCUT2D eigenvalue weighted by Crippen LogP contribution is 2.47. The van der Waals surface area contributed by atoms with E-state index in [4.69, 9.17) is 8.83 Å². The lowest BCUT2D eigenvalue weighted by Gasteiger charge is -2.18. The average Bonchev–Trinajstić information content (AvgIpc) is 3.84. The predicted octanol–water partition coefficient (Wildman–Crippen LogP) is 15.6. The summed E-state index contributed by atoms with van der Waals surface area (Å²) in [6.45, 7) is 0. The lowest BCUT2D eigenvalue weighted by atomic mass is 9.85. The molecule has 10 aromatic carbocycles. The zero-order valence-corrected chi connectivity index (χ0v) is 30.3. The van der Waals surface area contributed by atoms with E-state index in [0.29, 0.717) is 0 Å². The molecule has 0 fully saturated rings. The number of hydrogen-bond donors (Lipinski definition) is 0. The van der Waals surface area contributed by atoms with Crippen molar-refractivity contribution in [1.82, 2.24) is 0 Å². The van der Waals surface area contributed by atoms with Crippen LogP contribution in [0.4, 0.5) is 0 Å². The summed E-state index contributed by atoms with van der Waals surface area (Å²) in [5.41, 5.74) is 12.9. The molecule has 0 aliphatic heterocycles. The number of rotatable bonds is 4. The van der Waals surface area contributed by atoms with E-state index in [0.717, 1.165) is 60.6 Å². The highest BCUT2D eigenvalue weighted by molar-refractivity contribution is 6.26. The van der Waals surface area contributed by atoms with Crippen molar-refractivity contribution in [3.05, 3.63) is 194 Å². The van der Waals surface area contributed by atoms with Crippen LogP contribution in [-0.4, -0.2) is 0 Å². The predicted molar refractivity (Wildman–Crippen MR) is 235 cm³/mol. The van der Waals surface area contributed by atoms with Crippen molar-refractivity contribution in [2.75, 3.05) is 0 Å². The Balaban J connectivity index is 1.06. The lowest BCUT2D eigenvalue weighted by molar-refractivity contribution is 0.663. The molecule has 2 heteroatoms. The van der Waals surface area contributed by atoms with Gasteiger partial charge in [-0.15, -0.1) is 0 Å². The topological polar surface area (TPSA) is 26.3 Å². The molecule has 0 bridgehead atoms. The summed E-state index contributed by atoms with van der Waals surface area (Å²) in [6, 6.07) is 69.9. The number of fused-ring (bicyclic) bond motifs is 10. The van der Waals surface area contributed by atoms with Crippen molar-refractivity contribution >= 4 is 76.2 Å². The van der Waals surface area contributed by atoms with Gasteiger partial charge in [0.1, 0.15) is 22.3 Å². The number of benzene rings is 10. The van der Waals surface area contributed by atoms with Gasteiger partial charge in [0, 0.05) is 21.7 Å². The number of hydrogen-bond acceptors (Lipinski definition) is 2. The fraction of sp³-hybridized carbons (Fsp3) is 0. The summed E-state index contributed by atoms with van der Waals surface area (Å²) in [4.78, 5) is 0. The molecule has 2 aromatic heterocycles. The van der Waals surface area contributed by atoms with Crippen LogP contribution >= 0.6 is 0 Å². The van der Waals surface area contributed by atoms with Crippen molar-refractivity contribution in [2.45, 2.75) is 0 Å². The molecule has 0 spiro atoms. The summed E-state index contributed by atoms with van der Waals surface area (Å²) in [6.07, 6.45) is 0. The van der Waals surface area contributed by atoms with Crippen LogP contribution in [0.25, 0.3) is 121 Å². The summed E-state index contributed by atoms with van der Waals surface area (Å²) < 4.78 is 13.2. The van der Waals surface area contributed by atoms with Crippen LogP contribution in [-0.2, 0) is 0 Å². The van der Waals surface area contributed by atoms with Crippen LogP contribution in [0.5, 0.6) is 0 Å². The van der Waals surface area contributed by atoms with Gasteiger partial charge >= 0.3 is 0 Å². The van der Waals surface area contributed by atoms with Gasteiger partial charge in [-0.1, -0.05) is 164 Å². The number of furan rings is 2. The van der Waals surface area contributed by atoms with Crippen molar-refractivity contribution in [2.24, 2.45) is 0 Å². The molecule has 0 amide bonds. The van der Waals surface area contributed by atoms with E-state index < -0.39 is 0 Å². The molecule has 12 rings (SSSR count). The van der Waals surface area contributed by atoms with Crippen LogP contribution in [0.2, 0.25) is 0 Å². The second kappa shape index (κ2) is 12.0. The van der Waals surface area contributed by atoms with Gasteiger partial charge in [0.2, 0.25) is 0 Å². The molecular weight excluding hydrogens is 681 g/mol. The summed E-state index contributed by atoms with van der Waals surface area (Å²) in [5.74, 6) is 0. The zero-order valence-electron chi connectivity index (χ0n) is 30.3. The maximum Gasteiger partial charge on any atom is 0.147 e. The van der Waals surface area contributed by atoms with Gasteiger partial charge in [0.15, 0.2) is 0 Å². The fourth-order valence-electron chi connectivity index (χ4n) is 9.07. The van der Waals surface area contributed by atoms with E-state index in [2.05, 4.69) is 170 Å². The average molecular weight is 713 g/mol. The minimum atomic E-state index is 0.840. The van der Waals surface area contributed by atoms with Crippen molar-refractivity contribution in [3.8, 4) is 44.5 Å². The molecule has 0 saturated carbocycles. The summed E-state index contributed by atoms with van der Waals surface area (Å²) in [7, 11) is 0. The molecule has 56 heavy (non-hydrogen) atoms. The maximum atomic E-state index is 6.69. The molecule has 0 aliphatic rings. The first-order valence-electron chi connectivity index (χ1n) is 19.2. The molecular formula is C54H32O2. The minimum Gasteiger partial charge on any atom is -0.455 e. The normalized spacial score (nSPS) is 11.9. The summed E-state index contributed by atoms with van der Waals surface area (Å²) in [5, 5.41) is 11.7. The van der Waals surface area contributed by atoms with Gasteiger partial charge in [-0.2, -0.15) is 0 Å². The molecule has 0 radical (unpaired) electrons. The molecule has 0 atom stereocenters. The minimum absolute atomic E-state index is 0.840. The second-order valence-corrected chi connectivity index (χ2v) is 14.8. The third kappa shape index (κ3) is 4.63. The van der Waals surface area contributed by atoms with E-state index in [9.17, 15) is 0 Å². The first kappa shape index (κ1) is 31.0. The van der Waals surface area contributed by atoms with Gasteiger partial charge in [-0.3, -0.25) is 0 Å². The van der Waals surface area contributed by atoms with Crippen LogP contribution in [0.1, 0.15) is 0 Å². The van der Waals surface area contributed by atoms with E-state index in [1.54, 1.807) is 0 Å². The Labute approximate surface area is 322 Å². The number of para-hydroxylation sites is 2. The smallest absolute Gasteiger partial charge is 0.147 e. The molecule has 260 valence electrons. The van der Waals surface area contributed by atoms with E-state index in [1.165, 1.54) is 60.1 Å². The molecule has 2 heterocycles. The van der Waals surface area contributed by atoms with Gasteiger partial charge in [0.25, 0.3) is 0 Å². The largest absolute Gasteiger partial charge is 0.455 e. The monoisotopic (exact) mass is 712 g/mol. The Morgan fingerprint density at radius 1 is 0.268 bits per heavy atom. The van der Waals surface area contributed by atoms with Crippen LogP contribution in [0.3, 0.4) is 0 Å². The molecule has 0 unspecified atom stereocenters. The van der Waals surface area contributed by atoms with Crippen LogP contribution in [0, 0.1) is 0 Å². The molecule has 0 aliphatic carbocycles. The second-order valence-electron chi connectivity index (χ2n) is 14.8. The van der Waals surface area contributed by atoms with E-state index in [1.807, 2.05) is 24.3 Å². The molecule has 0 N–H and O–H groups in total. The SMILES string of the molecule is c1cc(-c2c3ccccc3c(-c3ccc(-c4ccc5ccccc5c4)cc3)c3ccccc23)cc(-c2cc3c4ccccc4oc3c3c2oc2ccccc23)c1. The van der Waals surface area contributed by atoms with Crippen LogP contribution < -0.4 is 0 Å². The Kier molecular flexibility index (Phi) is 6.66. The fourth-order valence-corrected chi connectivity index (χ4v) is 9.07. The van der Waals surface area contributed by atoms with Gasteiger partial charge in [0.05, 0.1) is 5.39 Å². The lowest BCUT2D eigenvalue weighted by Crippen LogP contribution is -1.91. The highest BCUT2D eigenvalue weighted by Gasteiger charge is 2.22. The summed E-state index contributed by atoms with van der Waals surface area (Å²) >= 11 is 0. The molecule has 0 saturated heterocycles. The highest BCUT2D eigenvalue weighted by atomic mass is 16.3. The van der Waals surface area contributed by atoms with E-state index in [-0.39, 0.29) is 0 Å². The van der Waals surface area contributed by atoms with E-state index >= 15 is 0 Å². The first-order chi connectivity index (χ1) is 27.8. The van der Waals surface area contributed by atoms with Gasteiger partial charge < -0.3 is 8.83 Å². The Bertz CT molecular complexity index is 3470. The van der Waals surface area contributed by atoms with Crippen LogP contribution in [0.15, 0.2) is 203 Å². The zero-order chi connectivity index (χ0) is 36.7. The quantitative estimate of drug-likeness (QED) is 0.170. The van der Waals surface area contributed by atoms with Gasteiger partial charge in [-0.05, 0) is 102 Å². The Morgan fingerprint density at radius 2 is 0.786 bits per heavy atom. The first-order valence-corrected chi connectivity index (χ1v) is 19.2. The van der Waals surface area contributed by atoms with Gasteiger partial charge in [-0.25, -0.2) is 0 Å². The molecule has 12 aromatic rings. The van der Waals surface area contributed by atoms with Crippen molar-refractivity contribution < 1.29 is 8.83 Å². The third-order valence-electron chi connectivity index (χ3n) is 11.6.